The van der Waals surface area contributed by atoms with Gasteiger partial charge in [0.25, 0.3) is 0 Å². The molecule has 0 saturated carbocycles. The maximum Gasteiger partial charge on any atom is 0.352 e. The van der Waals surface area contributed by atoms with E-state index in [1.165, 1.54) is 22.3 Å². The average molecular weight is 369 g/mol. The Labute approximate surface area is 156 Å². The van der Waals surface area contributed by atoms with E-state index in [2.05, 4.69) is 15.7 Å². The van der Waals surface area contributed by atoms with Crippen LogP contribution in [0.5, 0.6) is 0 Å². The van der Waals surface area contributed by atoms with Crippen molar-refractivity contribution in [3.63, 3.8) is 0 Å². The van der Waals surface area contributed by atoms with Crippen LogP contribution in [-0.4, -0.2) is 6.03 Å². The number of fused-ring (bicyclic) bond motifs is 2. The van der Waals surface area contributed by atoms with Gasteiger partial charge in [-0.1, -0.05) is 18.2 Å². The Hall–Kier alpha value is -2.02. The van der Waals surface area contributed by atoms with E-state index in [1.807, 2.05) is 24.3 Å². The number of hydrogen-bond donors (Lipinski definition) is 3. The highest BCUT2D eigenvalue weighted by Crippen LogP contribution is 2.38. The smallest absolute Gasteiger partial charge is 0.326 e. The third-order valence-corrected chi connectivity index (χ3v) is 6.40. The highest BCUT2D eigenvalue weighted by molar-refractivity contribution is 7.85. The van der Waals surface area contributed by atoms with E-state index >= 15 is 0 Å². The van der Waals surface area contributed by atoms with Gasteiger partial charge in [0.05, 0.1) is 0 Å². The van der Waals surface area contributed by atoms with Crippen LogP contribution in [0.15, 0.2) is 39.6 Å². The molecule has 1 atom stereocenters. The first kappa shape index (κ1) is 17.4. The lowest BCUT2D eigenvalue weighted by Gasteiger charge is -2.15. The Morgan fingerprint density at radius 3 is 2.23 bits per heavy atom. The summed E-state index contributed by atoms with van der Waals surface area (Å²) < 4.78 is 4.17. The number of benzene rings is 2. The third-order valence-electron chi connectivity index (χ3n) is 5.29. The molecule has 2 aliphatic carbocycles. The normalized spacial score (nSPS) is 16.4. The van der Waals surface area contributed by atoms with Crippen LogP contribution in [-0.2, 0) is 43.1 Å². The second kappa shape index (κ2) is 7.31. The van der Waals surface area contributed by atoms with E-state index in [9.17, 15) is 4.79 Å². The summed E-state index contributed by atoms with van der Waals surface area (Å²) in [4.78, 5) is 13.4. The Morgan fingerprint density at radius 2 is 1.65 bits per heavy atom. The zero-order valence-electron chi connectivity index (χ0n) is 14.8. The maximum atomic E-state index is 12.5. The fourth-order valence-corrected chi connectivity index (χ4v) is 4.75. The molecular weight excluding hydrogens is 344 g/mol. The fourth-order valence-electron chi connectivity index (χ4n) is 4.00. The lowest BCUT2D eigenvalue weighted by molar-refractivity contribution is 0.260. The Morgan fingerprint density at radius 1 is 1.04 bits per heavy atom. The molecule has 0 saturated heterocycles. The monoisotopic (exact) mass is 368 g/mol. The van der Waals surface area contributed by atoms with Crippen LogP contribution in [0, 0.1) is 0 Å². The molecule has 2 aromatic carbocycles. The number of nitrogens with one attached hydrogen (secondary N) is 1. The Balaban J connectivity index is 1.59. The summed E-state index contributed by atoms with van der Waals surface area (Å²) in [6.45, 7) is 0.487. The van der Waals surface area contributed by atoms with Crippen molar-refractivity contribution < 1.29 is 4.79 Å². The van der Waals surface area contributed by atoms with Gasteiger partial charge in [-0.2, -0.15) is 4.36 Å². The van der Waals surface area contributed by atoms with Crippen LogP contribution in [0.4, 0.5) is 10.5 Å². The van der Waals surface area contributed by atoms with E-state index in [1.54, 1.807) is 0 Å². The van der Waals surface area contributed by atoms with Crippen molar-refractivity contribution in [2.45, 2.75) is 50.0 Å². The number of hydrogen-bond acceptors (Lipinski definition) is 2. The molecule has 2 aliphatic rings. The molecule has 5 N–H and O–H groups in total. The fraction of sp³-hybridized carbons (Fsp3) is 0.350. The van der Waals surface area contributed by atoms with Crippen LogP contribution in [0.1, 0.15) is 40.7 Å². The van der Waals surface area contributed by atoms with Gasteiger partial charge in [0, 0.05) is 28.0 Å². The van der Waals surface area contributed by atoms with Gasteiger partial charge >= 0.3 is 6.03 Å². The van der Waals surface area contributed by atoms with Gasteiger partial charge in [-0.15, -0.1) is 0 Å². The van der Waals surface area contributed by atoms with Gasteiger partial charge < -0.3 is 11.1 Å². The minimum Gasteiger partial charge on any atom is -0.326 e. The number of carbonyl (C=O) groups is 1. The number of amides is 2. The van der Waals surface area contributed by atoms with Crippen molar-refractivity contribution >= 4 is 22.6 Å². The summed E-state index contributed by atoms with van der Waals surface area (Å²) >= 11 is 0. The van der Waals surface area contributed by atoms with Crippen LogP contribution in [0.3, 0.4) is 0 Å². The number of nitrogens with zero attached hydrogens (tertiary/aromatic N) is 1. The van der Waals surface area contributed by atoms with Gasteiger partial charge in [-0.3, -0.25) is 5.14 Å². The second-order valence-corrected chi connectivity index (χ2v) is 8.20. The summed E-state index contributed by atoms with van der Waals surface area (Å²) in [5, 5.41) is 9.20. The molecule has 5 nitrogen and oxygen atoms in total. The number of urea groups is 1. The molecule has 2 aromatic rings. The molecule has 0 fully saturated rings. The quantitative estimate of drug-likeness (QED) is 0.775. The number of carbonyl (C=O) groups excluding carboxylic acids is 1. The maximum absolute atomic E-state index is 12.5. The standard InChI is InChI=1S/C20H24N4OS/c21-12-13-7-9-16(10-8-13)26(22)24-20(25)23-19-17-5-1-3-14(17)11-15-4-2-6-18(15)19/h7-11H,1-6,12,21H2,(H3,22,23,24,25). The van der Waals surface area contributed by atoms with Crippen molar-refractivity contribution in [2.24, 2.45) is 15.2 Å². The molecule has 0 heterocycles. The van der Waals surface area contributed by atoms with Crippen LogP contribution in [0.2, 0.25) is 0 Å². The van der Waals surface area contributed by atoms with Crippen molar-refractivity contribution in [3.8, 4) is 0 Å². The molecule has 0 aliphatic heterocycles. The van der Waals surface area contributed by atoms with E-state index in [4.69, 9.17) is 10.9 Å². The zero-order chi connectivity index (χ0) is 18.1. The predicted octanol–water partition coefficient (Wildman–Crippen LogP) is 3.39. The summed E-state index contributed by atoms with van der Waals surface area (Å²) in [5.41, 5.74) is 13.1. The summed E-state index contributed by atoms with van der Waals surface area (Å²) in [6, 6.07) is 9.62. The molecule has 1 unspecified atom stereocenters. The third kappa shape index (κ3) is 3.32. The van der Waals surface area contributed by atoms with Crippen molar-refractivity contribution in [2.75, 3.05) is 5.32 Å². The topological polar surface area (TPSA) is 93.5 Å². The molecule has 0 radical (unpaired) electrons. The van der Waals surface area contributed by atoms with Gasteiger partial charge in [0.1, 0.15) is 0 Å². The van der Waals surface area contributed by atoms with Crippen molar-refractivity contribution in [1.29, 1.82) is 0 Å². The summed E-state index contributed by atoms with van der Waals surface area (Å²) in [7, 11) is -0.972. The van der Waals surface area contributed by atoms with E-state index in [0.29, 0.717) is 6.54 Å². The van der Waals surface area contributed by atoms with Gasteiger partial charge in [0.15, 0.2) is 0 Å². The van der Waals surface area contributed by atoms with Crippen molar-refractivity contribution in [3.05, 3.63) is 58.1 Å². The largest absolute Gasteiger partial charge is 0.352 e. The highest BCUT2D eigenvalue weighted by Gasteiger charge is 2.24. The minimum atomic E-state index is -0.972. The first-order chi connectivity index (χ1) is 12.7. The zero-order valence-corrected chi connectivity index (χ0v) is 15.6. The van der Waals surface area contributed by atoms with Crippen LogP contribution >= 0.6 is 0 Å². The van der Waals surface area contributed by atoms with E-state index < -0.39 is 10.9 Å². The second-order valence-electron chi connectivity index (χ2n) is 6.92. The van der Waals surface area contributed by atoms with Gasteiger partial charge in [-0.05, 0) is 78.5 Å². The van der Waals surface area contributed by atoms with Gasteiger partial charge in [-0.25, -0.2) is 4.79 Å². The molecule has 0 bridgehead atoms. The predicted molar refractivity (Wildman–Crippen MR) is 106 cm³/mol. The first-order valence-corrected chi connectivity index (χ1v) is 10.4. The molecular formula is C20H24N4OS. The first-order valence-electron chi connectivity index (χ1n) is 9.12. The molecule has 4 rings (SSSR count). The number of anilines is 1. The van der Waals surface area contributed by atoms with Gasteiger partial charge in [0.2, 0.25) is 0 Å². The van der Waals surface area contributed by atoms with Crippen molar-refractivity contribution in [1.82, 2.24) is 0 Å². The Bertz CT molecular complexity index is 857. The molecule has 26 heavy (non-hydrogen) atoms. The van der Waals surface area contributed by atoms with Crippen LogP contribution < -0.4 is 16.2 Å². The molecule has 6 heteroatoms. The SMILES string of the molecule is NCc1ccc(/S(N)=N/C(=O)Nc2c3c(cc4c2CCC4)CCC3)cc1. The minimum absolute atomic E-state index is 0.354. The summed E-state index contributed by atoms with van der Waals surface area (Å²) in [5.74, 6) is 0. The number of rotatable bonds is 3. The highest BCUT2D eigenvalue weighted by atomic mass is 32.2. The Kier molecular flexibility index (Phi) is 4.89. The number of aryl methyl sites for hydroxylation is 2. The molecule has 0 spiro atoms. The van der Waals surface area contributed by atoms with E-state index in [0.717, 1.165) is 54.7 Å². The van der Waals surface area contributed by atoms with E-state index in [-0.39, 0.29) is 6.03 Å². The molecule has 2 amide bonds. The average Bonchev–Trinajstić information content (AvgIpc) is 3.30. The molecule has 136 valence electrons. The lowest BCUT2D eigenvalue weighted by Crippen LogP contribution is -2.14. The molecule has 0 aromatic heterocycles. The van der Waals surface area contributed by atoms with Crippen LogP contribution in [0.25, 0.3) is 0 Å². The lowest BCUT2D eigenvalue weighted by atomic mass is 9.99. The summed E-state index contributed by atoms with van der Waals surface area (Å²) in [6.07, 6.45) is 6.61. The number of nitrogens with two attached hydrogens (primary N) is 2.